The Morgan fingerprint density at radius 3 is 2.31 bits per heavy atom. The van der Waals surface area contributed by atoms with Crippen LogP contribution in [0.2, 0.25) is 0 Å². The van der Waals surface area contributed by atoms with Crippen molar-refractivity contribution in [3.63, 3.8) is 0 Å². The van der Waals surface area contributed by atoms with E-state index in [1.807, 2.05) is 0 Å². The summed E-state index contributed by atoms with van der Waals surface area (Å²) >= 11 is 3.99. The Balaban J connectivity index is 0.00000144. The van der Waals surface area contributed by atoms with Gasteiger partial charge in [-0.2, -0.15) is 8.42 Å². The van der Waals surface area contributed by atoms with Gasteiger partial charge in [0, 0.05) is 24.4 Å². The quantitative estimate of drug-likeness (QED) is 0.500. The number of hydrogen-bond acceptors (Lipinski definition) is 4. The van der Waals surface area contributed by atoms with E-state index in [2.05, 4.69) is 16.8 Å². The third-order valence-electron chi connectivity index (χ3n) is 1.35. The van der Waals surface area contributed by atoms with E-state index in [4.69, 9.17) is 0 Å². The largest absolute Gasteiger partial charge is 0.297 e. The first kappa shape index (κ1) is 13.1. The normalized spacial score (nSPS) is 10.6. The van der Waals surface area contributed by atoms with Crippen LogP contribution < -0.4 is 0 Å². The Kier molecular flexibility index (Phi) is 5.14. The maximum absolute atomic E-state index is 11.2. The van der Waals surface area contributed by atoms with E-state index in [1.165, 1.54) is 6.07 Å². The van der Waals surface area contributed by atoms with E-state index in [-0.39, 0.29) is 24.4 Å². The van der Waals surface area contributed by atoms with Crippen molar-refractivity contribution in [2.45, 2.75) is 9.79 Å². The van der Waals surface area contributed by atoms with Crippen LogP contribution in [0.1, 0.15) is 0 Å². The fourth-order valence-electron chi connectivity index (χ4n) is 0.758. The summed E-state index contributed by atoms with van der Waals surface area (Å²) < 4.78 is 26.6. The number of rotatable bonds is 2. The molecule has 0 unspecified atom stereocenters. The number of hydrogen-bond donors (Lipinski definition) is 1. The third-order valence-corrected chi connectivity index (χ3v) is 3.23. The van der Waals surface area contributed by atoms with E-state index < -0.39 is 10.1 Å². The summed E-state index contributed by atoms with van der Waals surface area (Å²) in [4.78, 5) is 0.482. The molecule has 0 spiro atoms. The minimum absolute atomic E-state index is 0. The first-order valence-electron chi connectivity index (χ1n) is 3.16. The van der Waals surface area contributed by atoms with Gasteiger partial charge in [0.05, 0.1) is 7.11 Å². The van der Waals surface area contributed by atoms with Crippen LogP contribution in [0.25, 0.3) is 0 Å². The molecule has 0 heterocycles. The molecular weight excluding hydrogens is 262 g/mol. The minimum Gasteiger partial charge on any atom is -0.270 e. The predicted octanol–water partition coefficient (Wildman–Crippen LogP) is 1.31. The molecule has 0 atom stereocenters. The molecule has 1 rings (SSSR count). The van der Waals surface area contributed by atoms with Crippen molar-refractivity contribution in [1.82, 2.24) is 0 Å². The summed E-state index contributed by atoms with van der Waals surface area (Å²) in [5.41, 5.74) is 0. The molecule has 0 radical (unpaired) electrons. The Labute approximate surface area is 95.8 Å². The molecular formula is C7H8O3S2Zn. The molecule has 0 aliphatic rings. The predicted molar refractivity (Wildman–Crippen MR) is 47.9 cm³/mol. The van der Waals surface area contributed by atoms with Gasteiger partial charge in [-0.05, 0) is 12.1 Å². The molecule has 0 saturated carbocycles. The van der Waals surface area contributed by atoms with Gasteiger partial charge in [0.25, 0.3) is 10.1 Å². The van der Waals surface area contributed by atoms with E-state index >= 15 is 0 Å². The summed E-state index contributed by atoms with van der Waals surface area (Å²) in [5, 5.41) is 0. The van der Waals surface area contributed by atoms with Crippen molar-refractivity contribution >= 4 is 22.7 Å². The molecule has 0 saturated heterocycles. The van der Waals surface area contributed by atoms with Crippen LogP contribution in [0.3, 0.4) is 0 Å². The van der Waals surface area contributed by atoms with Crippen molar-refractivity contribution < 1.29 is 32.1 Å². The van der Waals surface area contributed by atoms with Gasteiger partial charge >= 0.3 is 0 Å². The average molecular weight is 270 g/mol. The number of thiol groups is 1. The van der Waals surface area contributed by atoms with E-state index in [9.17, 15) is 8.42 Å². The Hall–Kier alpha value is 0.103. The molecule has 1 aromatic rings. The van der Waals surface area contributed by atoms with Crippen molar-refractivity contribution in [3.05, 3.63) is 24.3 Å². The molecule has 1 aromatic carbocycles. The maximum atomic E-state index is 11.2. The Bertz CT molecular complexity index is 375. The van der Waals surface area contributed by atoms with Gasteiger partial charge in [-0.3, -0.25) is 4.18 Å². The van der Waals surface area contributed by atoms with Crippen LogP contribution in [0.5, 0.6) is 0 Å². The SMILES string of the molecule is COS(=O)(=O)c1ccccc1S.[Zn]. The molecule has 0 aromatic heterocycles. The maximum Gasteiger partial charge on any atom is 0.297 e. The fraction of sp³-hybridized carbons (Fsp3) is 0.143. The Morgan fingerprint density at radius 2 is 1.85 bits per heavy atom. The second-order valence-corrected chi connectivity index (χ2v) is 4.25. The Morgan fingerprint density at radius 1 is 1.31 bits per heavy atom. The van der Waals surface area contributed by atoms with Crippen molar-refractivity contribution in [2.75, 3.05) is 7.11 Å². The van der Waals surface area contributed by atoms with Crippen molar-refractivity contribution in [1.29, 1.82) is 0 Å². The van der Waals surface area contributed by atoms with E-state index in [1.54, 1.807) is 18.2 Å². The van der Waals surface area contributed by atoms with Gasteiger partial charge in [-0.15, -0.1) is 12.6 Å². The van der Waals surface area contributed by atoms with E-state index in [0.29, 0.717) is 4.90 Å². The van der Waals surface area contributed by atoms with Gasteiger partial charge in [-0.25, -0.2) is 0 Å². The summed E-state index contributed by atoms with van der Waals surface area (Å²) in [5.74, 6) is 0. The van der Waals surface area contributed by atoms with Gasteiger partial charge in [0.15, 0.2) is 0 Å². The zero-order chi connectivity index (χ0) is 9.19. The zero-order valence-electron chi connectivity index (χ0n) is 7.10. The van der Waals surface area contributed by atoms with E-state index in [0.717, 1.165) is 7.11 Å². The third kappa shape index (κ3) is 3.06. The molecule has 6 heteroatoms. The molecule has 13 heavy (non-hydrogen) atoms. The fourth-order valence-corrected chi connectivity index (χ4v) is 2.00. The monoisotopic (exact) mass is 268 g/mol. The second-order valence-electron chi connectivity index (χ2n) is 2.09. The number of benzene rings is 1. The van der Waals surface area contributed by atoms with Gasteiger partial charge in [-0.1, -0.05) is 12.1 Å². The standard InChI is InChI=1S/C7H8O3S2.Zn/c1-10-12(8,9)7-5-3-2-4-6(7)11;/h2-5,11H,1H3;. The van der Waals surface area contributed by atoms with Gasteiger partial charge in [0.2, 0.25) is 0 Å². The summed E-state index contributed by atoms with van der Waals surface area (Å²) in [7, 11) is -2.48. The molecule has 0 bridgehead atoms. The summed E-state index contributed by atoms with van der Waals surface area (Å²) in [6, 6.07) is 6.36. The molecule has 0 aliphatic heterocycles. The molecule has 3 nitrogen and oxygen atoms in total. The van der Waals surface area contributed by atoms with Crippen LogP contribution in [0.4, 0.5) is 0 Å². The summed E-state index contributed by atoms with van der Waals surface area (Å²) in [6.45, 7) is 0. The zero-order valence-corrected chi connectivity index (χ0v) is 11.8. The summed E-state index contributed by atoms with van der Waals surface area (Å²) in [6.07, 6.45) is 0. The first-order valence-corrected chi connectivity index (χ1v) is 5.02. The van der Waals surface area contributed by atoms with Crippen LogP contribution in [-0.4, -0.2) is 15.5 Å². The smallest absolute Gasteiger partial charge is 0.270 e. The van der Waals surface area contributed by atoms with Crippen LogP contribution in [0.15, 0.2) is 34.1 Å². The van der Waals surface area contributed by atoms with Crippen molar-refractivity contribution in [2.24, 2.45) is 0 Å². The minimum atomic E-state index is -3.61. The first-order chi connectivity index (χ1) is 5.58. The molecule has 0 amide bonds. The molecule has 68 valence electrons. The molecule has 0 N–H and O–H groups in total. The molecule has 0 aliphatic carbocycles. The molecule has 0 fully saturated rings. The topological polar surface area (TPSA) is 43.4 Å². The van der Waals surface area contributed by atoms with Gasteiger partial charge in [0.1, 0.15) is 4.90 Å². The second kappa shape index (κ2) is 5.10. The van der Waals surface area contributed by atoms with Gasteiger partial charge < -0.3 is 0 Å². The van der Waals surface area contributed by atoms with Crippen LogP contribution in [0, 0.1) is 0 Å². The average Bonchev–Trinajstić information content (AvgIpc) is 2.05. The van der Waals surface area contributed by atoms with Crippen molar-refractivity contribution in [3.8, 4) is 0 Å². The van der Waals surface area contributed by atoms with Crippen LogP contribution in [-0.2, 0) is 33.8 Å². The van der Waals surface area contributed by atoms with Crippen LogP contribution >= 0.6 is 12.6 Å².